The van der Waals surface area contributed by atoms with Gasteiger partial charge in [0.1, 0.15) is 11.0 Å². The Hall–Kier alpha value is -4.13. The molecule has 0 spiro atoms. The molecular weight excluding hydrogens is 583 g/mol. The van der Waals surface area contributed by atoms with Gasteiger partial charge in [-0.15, -0.1) is 11.3 Å². The fraction of sp³-hybridized carbons (Fsp3) is 0.290. The van der Waals surface area contributed by atoms with Crippen LogP contribution in [0.4, 0.5) is 17.3 Å². The first kappa shape index (κ1) is 27.7. The molecule has 12 heteroatoms. The third-order valence-electron chi connectivity index (χ3n) is 8.20. The van der Waals surface area contributed by atoms with E-state index in [4.69, 9.17) is 4.98 Å². The minimum Gasteiger partial charge on any atom is -0.382 e. The van der Waals surface area contributed by atoms with Crippen LogP contribution in [0.2, 0.25) is 0 Å². The number of pyridine rings is 1. The Morgan fingerprint density at radius 3 is 2.49 bits per heavy atom. The van der Waals surface area contributed by atoms with Crippen LogP contribution in [0.1, 0.15) is 34.2 Å². The number of hydrogen-bond acceptors (Lipinski definition) is 10. The van der Waals surface area contributed by atoms with Crippen molar-refractivity contribution in [1.82, 2.24) is 24.8 Å². The van der Waals surface area contributed by atoms with E-state index >= 15 is 0 Å². The third-order valence-corrected chi connectivity index (χ3v) is 10.9. The number of nitrogens with one attached hydrogen (secondary N) is 3. The zero-order chi connectivity index (χ0) is 29.6. The van der Waals surface area contributed by atoms with Gasteiger partial charge in [-0.05, 0) is 74.3 Å². The molecule has 1 atom stereocenters. The number of hydrogen-bond donors (Lipinski definition) is 3. The minimum absolute atomic E-state index is 0.143. The van der Waals surface area contributed by atoms with Crippen molar-refractivity contribution in [3.63, 3.8) is 0 Å². The van der Waals surface area contributed by atoms with Gasteiger partial charge in [0.15, 0.2) is 9.84 Å². The van der Waals surface area contributed by atoms with Crippen LogP contribution in [-0.4, -0.2) is 47.1 Å². The highest BCUT2D eigenvalue weighted by molar-refractivity contribution is 7.90. The molecule has 7 rings (SSSR count). The lowest BCUT2D eigenvalue weighted by Gasteiger charge is -2.27. The highest BCUT2D eigenvalue weighted by Crippen LogP contribution is 2.34. The van der Waals surface area contributed by atoms with Gasteiger partial charge in [0.25, 0.3) is 5.56 Å². The summed E-state index contributed by atoms with van der Waals surface area (Å²) in [4.78, 5) is 28.7. The summed E-state index contributed by atoms with van der Waals surface area (Å²) < 4.78 is 28.8. The summed E-state index contributed by atoms with van der Waals surface area (Å²) in [6.45, 7) is 3.92. The Morgan fingerprint density at radius 2 is 1.74 bits per heavy atom. The van der Waals surface area contributed by atoms with E-state index in [0.29, 0.717) is 22.7 Å². The number of anilines is 3. The molecule has 2 aliphatic heterocycles. The Kier molecular flexibility index (Phi) is 7.20. The molecule has 1 unspecified atom stereocenters. The van der Waals surface area contributed by atoms with Gasteiger partial charge >= 0.3 is 0 Å². The average molecular weight is 614 g/mol. The molecule has 0 amide bonds. The summed E-state index contributed by atoms with van der Waals surface area (Å²) in [5, 5.41) is 9.64. The van der Waals surface area contributed by atoms with Crippen molar-refractivity contribution < 1.29 is 8.42 Å². The Bertz CT molecular complexity index is 1980. The van der Waals surface area contributed by atoms with Gasteiger partial charge in [-0.2, -0.15) is 4.98 Å². The lowest BCUT2D eigenvalue weighted by atomic mass is 10.0. The van der Waals surface area contributed by atoms with Crippen molar-refractivity contribution in [3.8, 4) is 11.3 Å². The normalized spacial score (nSPS) is 18.3. The molecule has 2 aliphatic rings. The standard InChI is InChI=1S/C31H31N7O3S2/c1-19-28(34-18-42-19)26-14-22-16-33-31(36-24-8-6-23(7-9-24)35-25-10-12-32-13-11-25)37-29(22)38(30(26)39)27-15-20-4-2-3-5-21(20)17-43(27,40)41/h2-9,14,16,18,25,27,32,35H,10-13,15,17H2,1H3,(H,33,36,37). The van der Waals surface area contributed by atoms with E-state index in [2.05, 4.69) is 25.9 Å². The first-order valence-electron chi connectivity index (χ1n) is 14.3. The van der Waals surface area contributed by atoms with Crippen LogP contribution < -0.4 is 21.5 Å². The highest BCUT2D eigenvalue weighted by Gasteiger charge is 2.36. The third kappa shape index (κ3) is 5.41. The maximum atomic E-state index is 14.2. The maximum Gasteiger partial charge on any atom is 0.262 e. The number of fused-ring (bicyclic) bond motifs is 2. The first-order chi connectivity index (χ1) is 20.9. The number of sulfone groups is 1. The summed E-state index contributed by atoms with van der Waals surface area (Å²) >= 11 is 1.43. The number of piperidine rings is 1. The second-order valence-corrected chi connectivity index (χ2v) is 14.3. The predicted octanol–water partition coefficient (Wildman–Crippen LogP) is 4.80. The zero-order valence-corrected chi connectivity index (χ0v) is 25.2. The van der Waals surface area contributed by atoms with Crippen LogP contribution in [0.15, 0.2) is 71.1 Å². The van der Waals surface area contributed by atoms with Crippen molar-refractivity contribution in [1.29, 1.82) is 0 Å². The number of benzene rings is 2. The second kappa shape index (κ2) is 11.2. The molecule has 0 radical (unpaired) electrons. The van der Waals surface area contributed by atoms with E-state index in [1.807, 2.05) is 55.5 Å². The molecule has 220 valence electrons. The van der Waals surface area contributed by atoms with Crippen LogP contribution in [0, 0.1) is 6.92 Å². The number of aromatic nitrogens is 4. The van der Waals surface area contributed by atoms with Crippen molar-refractivity contribution in [3.05, 3.63) is 92.7 Å². The molecule has 0 aliphatic carbocycles. The summed E-state index contributed by atoms with van der Waals surface area (Å²) in [7, 11) is -3.74. The molecule has 3 aromatic heterocycles. The predicted molar refractivity (Wildman–Crippen MR) is 171 cm³/mol. The summed E-state index contributed by atoms with van der Waals surface area (Å²) in [5.74, 6) is 0.126. The summed E-state index contributed by atoms with van der Waals surface area (Å²) in [6.07, 6.45) is 3.96. The van der Waals surface area contributed by atoms with E-state index in [9.17, 15) is 13.2 Å². The molecule has 43 heavy (non-hydrogen) atoms. The van der Waals surface area contributed by atoms with Gasteiger partial charge in [-0.25, -0.2) is 18.4 Å². The Balaban J connectivity index is 1.29. The number of aryl methyl sites for hydroxylation is 1. The van der Waals surface area contributed by atoms with Crippen LogP contribution in [0.5, 0.6) is 0 Å². The van der Waals surface area contributed by atoms with Crippen molar-refractivity contribution in [2.45, 2.75) is 43.4 Å². The van der Waals surface area contributed by atoms with Crippen LogP contribution in [0.3, 0.4) is 0 Å². The number of thiazole rings is 1. The van der Waals surface area contributed by atoms with E-state index in [-0.39, 0.29) is 23.8 Å². The smallest absolute Gasteiger partial charge is 0.262 e. The molecule has 5 aromatic rings. The zero-order valence-electron chi connectivity index (χ0n) is 23.6. The molecular formula is C31H31N7O3S2. The van der Waals surface area contributed by atoms with Gasteiger partial charge in [0, 0.05) is 40.3 Å². The summed E-state index contributed by atoms with van der Waals surface area (Å²) in [6, 6.07) is 17.5. The fourth-order valence-electron chi connectivity index (χ4n) is 5.94. The van der Waals surface area contributed by atoms with Crippen molar-refractivity contribution in [2.24, 2.45) is 0 Å². The van der Waals surface area contributed by atoms with Gasteiger partial charge in [0.05, 0.1) is 22.5 Å². The number of rotatable bonds is 6. The van der Waals surface area contributed by atoms with Gasteiger partial charge in [-0.1, -0.05) is 24.3 Å². The van der Waals surface area contributed by atoms with E-state index in [0.717, 1.165) is 53.3 Å². The average Bonchev–Trinajstić information content (AvgIpc) is 3.43. The van der Waals surface area contributed by atoms with Crippen molar-refractivity contribution in [2.75, 3.05) is 23.7 Å². The quantitative estimate of drug-likeness (QED) is 0.247. The van der Waals surface area contributed by atoms with E-state index in [1.165, 1.54) is 15.9 Å². The lowest BCUT2D eigenvalue weighted by molar-refractivity contribution is 0.479. The molecule has 1 fully saturated rings. The van der Waals surface area contributed by atoms with Crippen LogP contribution in [0.25, 0.3) is 22.3 Å². The fourth-order valence-corrected chi connectivity index (χ4v) is 8.39. The Morgan fingerprint density at radius 1 is 1.00 bits per heavy atom. The van der Waals surface area contributed by atoms with Gasteiger partial charge in [-0.3, -0.25) is 9.36 Å². The SMILES string of the molecule is Cc1scnc1-c1cc2cnc(Nc3ccc(NC4CCNCC4)cc3)nc2n(C2Cc3ccccc3CS2(=O)=O)c1=O. The molecule has 0 bridgehead atoms. The molecule has 10 nitrogen and oxygen atoms in total. The molecule has 3 N–H and O–H groups in total. The monoisotopic (exact) mass is 613 g/mol. The first-order valence-corrected chi connectivity index (χ1v) is 16.9. The highest BCUT2D eigenvalue weighted by atomic mass is 32.2. The topological polar surface area (TPSA) is 131 Å². The molecule has 5 heterocycles. The molecule has 0 saturated carbocycles. The molecule has 2 aromatic carbocycles. The van der Waals surface area contributed by atoms with Crippen LogP contribution >= 0.6 is 11.3 Å². The van der Waals surface area contributed by atoms with E-state index in [1.54, 1.807) is 17.8 Å². The second-order valence-electron chi connectivity index (χ2n) is 11.1. The number of nitrogens with zero attached hydrogens (tertiary/aromatic N) is 4. The lowest BCUT2D eigenvalue weighted by Crippen LogP contribution is -2.36. The van der Waals surface area contributed by atoms with E-state index < -0.39 is 20.8 Å². The largest absolute Gasteiger partial charge is 0.382 e. The summed E-state index contributed by atoms with van der Waals surface area (Å²) in [5.41, 5.74) is 5.87. The van der Waals surface area contributed by atoms with Gasteiger partial charge in [0.2, 0.25) is 5.95 Å². The van der Waals surface area contributed by atoms with Crippen LogP contribution in [-0.2, 0) is 22.0 Å². The minimum atomic E-state index is -3.74. The van der Waals surface area contributed by atoms with Crippen molar-refractivity contribution >= 4 is 49.5 Å². The maximum absolute atomic E-state index is 14.2. The Labute approximate surface area is 253 Å². The van der Waals surface area contributed by atoms with Gasteiger partial charge < -0.3 is 16.0 Å². The molecule has 1 saturated heterocycles.